The van der Waals surface area contributed by atoms with Crippen molar-refractivity contribution < 1.29 is 23.7 Å². The third kappa shape index (κ3) is 6.67. The molecule has 0 aliphatic carbocycles. The highest BCUT2D eigenvalue weighted by molar-refractivity contribution is 5.83. The van der Waals surface area contributed by atoms with Crippen LogP contribution in [0.5, 0.6) is 5.75 Å². The van der Waals surface area contributed by atoms with Crippen LogP contribution in [0.4, 0.5) is 0 Å². The van der Waals surface area contributed by atoms with Crippen molar-refractivity contribution in [2.24, 2.45) is 5.92 Å². The highest BCUT2D eigenvalue weighted by Gasteiger charge is 2.27. The van der Waals surface area contributed by atoms with Crippen molar-refractivity contribution in [3.05, 3.63) is 65.7 Å². The second-order valence-electron chi connectivity index (χ2n) is 7.42. The summed E-state index contributed by atoms with van der Waals surface area (Å²) in [5.41, 5.74) is 2.21. The lowest BCUT2D eigenvalue weighted by Gasteiger charge is -2.24. The van der Waals surface area contributed by atoms with Gasteiger partial charge in [0.1, 0.15) is 11.9 Å². The smallest absolute Gasteiger partial charge is 0.162 e. The van der Waals surface area contributed by atoms with Gasteiger partial charge in [0.2, 0.25) is 0 Å². The lowest BCUT2D eigenvalue weighted by atomic mass is 9.91. The van der Waals surface area contributed by atoms with E-state index in [0.29, 0.717) is 32.7 Å². The molecule has 156 valence electrons. The molecule has 0 N–H and O–H groups in total. The van der Waals surface area contributed by atoms with Crippen LogP contribution in [0.15, 0.2) is 54.6 Å². The molecule has 5 nitrogen and oxygen atoms in total. The maximum atomic E-state index is 13.0. The largest absolute Gasteiger partial charge is 0.497 e. The van der Waals surface area contributed by atoms with Crippen LogP contribution in [-0.2, 0) is 32.0 Å². The molecule has 0 aromatic heterocycles. The minimum atomic E-state index is -0.473. The fraction of sp³-hybridized carbons (Fsp3) is 0.458. The molecule has 1 aliphatic rings. The zero-order chi connectivity index (χ0) is 20.5. The van der Waals surface area contributed by atoms with Crippen LogP contribution >= 0.6 is 0 Å². The Hall–Kier alpha value is -2.21. The summed E-state index contributed by atoms with van der Waals surface area (Å²) in [5.74, 6) is 0.963. The summed E-state index contributed by atoms with van der Waals surface area (Å²) in [6.45, 7) is 3.66. The van der Waals surface area contributed by atoms with E-state index in [0.717, 1.165) is 17.7 Å². The first kappa shape index (κ1) is 21.5. The first-order chi connectivity index (χ1) is 14.2. The number of methoxy groups -OCH3 is 1. The highest BCUT2D eigenvalue weighted by Crippen LogP contribution is 2.21. The quantitative estimate of drug-likeness (QED) is 0.568. The van der Waals surface area contributed by atoms with Crippen molar-refractivity contribution >= 4 is 5.78 Å². The van der Waals surface area contributed by atoms with Gasteiger partial charge in [-0.2, -0.15) is 0 Å². The summed E-state index contributed by atoms with van der Waals surface area (Å²) in [6.07, 6.45) is 0.997. The molecule has 0 saturated carbocycles. The fourth-order valence-electron chi connectivity index (χ4n) is 3.55. The Balaban J connectivity index is 1.62. The summed E-state index contributed by atoms with van der Waals surface area (Å²) < 4.78 is 22.3. The molecular formula is C24H30O5. The predicted molar refractivity (Wildman–Crippen MR) is 111 cm³/mol. The van der Waals surface area contributed by atoms with Gasteiger partial charge in [-0.15, -0.1) is 0 Å². The van der Waals surface area contributed by atoms with E-state index >= 15 is 0 Å². The van der Waals surface area contributed by atoms with Gasteiger partial charge in [0.15, 0.2) is 12.1 Å². The van der Waals surface area contributed by atoms with Crippen LogP contribution in [-0.4, -0.2) is 38.5 Å². The molecule has 2 aromatic rings. The molecule has 0 radical (unpaired) electrons. The van der Waals surface area contributed by atoms with Crippen molar-refractivity contribution in [3.63, 3.8) is 0 Å². The summed E-state index contributed by atoms with van der Waals surface area (Å²) >= 11 is 0. The van der Waals surface area contributed by atoms with Crippen LogP contribution in [0.25, 0.3) is 0 Å². The SMILES string of the molecule is COc1ccc(CO[C@H](C(=O)CCC2OCCO2)[C@H](C)Cc2ccccc2)cc1. The molecule has 3 rings (SSSR count). The zero-order valence-electron chi connectivity index (χ0n) is 17.2. The molecule has 2 aromatic carbocycles. The fourth-order valence-corrected chi connectivity index (χ4v) is 3.55. The number of carbonyl (C=O) groups is 1. The van der Waals surface area contributed by atoms with Crippen molar-refractivity contribution in [2.45, 2.75) is 45.2 Å². The monoisotopic (exact) mass is 398 g/mol. The van der Waals surface area contributed by atoms with Crippen LogP contribution in [0.1, 0.15) is 30.9 Å². The molecule has 0 bridgehead atoms. The molecule has 1 aliphatic heterocycles. The number of benzene rings is 2. The number of Topliss-reactive ketones (excluding diaryl/α,β-unsaturated/α-hetero) is 1. The van der Waals surface area contributed by atoms with Crippen LogP contribution in [0.3, 0.4) is 0 Å². The van der Waals surface area contributed by atoms with E-state index < -0.39 is 6.10 Å². The molecule has 1 heterocycles. The first-order valence-electron chi connectivity index (χ1n) is 10.2. The second-order valence-corrected chi connectivity index (χ2v) is 7.42. The lowest BCUT2D eigenvalue weighted by Crippen LogP contribution is -2.33. The first-order valence-corrected chi connectivity index (χ1v) is 10.2. The molecular weight excluding hydrogens is 368 g/mol. The Bertz CT molecular complexity index is 738. The highest BCUT2D eigenvalue weighted by atomic mass is 16.7. The number of hydrogen-bond acceptors (Lipinski definition) is 5. The van der Waals surface area contributed by atoms with Crippen LogP contribution < -0.4 is 4.74 Å². The van der Waals surface area contributed by atoms with Gasteiger partial charge in [0.25, 0.3) is 0 Å². The number of rotatable bonds is 11. The van der Waals surface area contributed by atoms with Gasteiger partial charge in [-0.3, -0.25) is 4.79 Å². The second kappa shape index (κ2) is 11.1. The molecule has 2 atom stereocenters. The van der Waals surface area contributed by atoms with Gasteiger partial charge < -0.3 is 18.9 Å². The molecule has 5 heteroatoms. The van der Waals surface area contributed by atoms with E-state index in [1.165, 1.54) is 5.56 Å². The van der Waals surface area contributed by atoms with Gasteiger partial charge in [0.05, 0.1) is 26.9 Å². The standard InChI is InChI=1S/C24H30O5/c1-18(16-19-6-4-3-5-7-19)24(22(25)12-13-23-27-14-15-28-23)29-17-20-8-10-21(26-2)11-9-20/h3-11,18,23-24H,12-17H2,1-2H3/t18-,24+/m1/s1. The average Bonchev–Trinajstić information content (AvgIpc) is 3.27. The Labute approximate surface area is 172 Å². The Morgan fingerprint density at radius 1 is 1.03 bits per heavy atom. The molecule has 1 saturated heterocycles. The summed E-state index contributed by atoms with van der Waals surface area (Å²) in [5, 5.41) is 0. The summed E-state index contributed by atoms with van der Waals surface area (Å²) in [7, 11) is 1.64. The van der Waals surface area contributed by atoms with Crippen LogP contribution in [0, 0.1) is 5.92 Å². The van der Waals surface area contributed by atoms with E-state index in [9.17, 15) is 4.79 Å². The van der Waals surface area contributed by atoms with E-state index in [4.69, 9.17) is 18.9 Å². The minimum absolute atomic E-state index is 0.0635. The molecule has 1 fully saturated rings. The van der Waals surface area contributed by atoms with Crippen LogP contribution in [0.2, 0.25) is 0 Å². The zero-order valence-corrected chi connectivity index (χ0v) is 17.2. The lowest BCUT2D eigenvalue weighted by molar-refractivity contribution is -0.137. The molecule has 0 spiro atoms. The van der Waals surface area contributed by atoms with Gasteiger partial charge >= 0.3 is 0 Å². The van der Waals surface area contributed by atoms with Crippen molar-refractivity contribution in [2.75, 3.05) is 20.3 Å². The Morgan fingerprint density at radius 3 is 2.38 bits per heavy atom. The number of ketones is 1. The van der Waals surface area contributed by atoms with Gasteiger partial charge in [-0.05, 0) is 35.6 Å². The van der Waals surface area contributed by atoms with Crippen molar-refractivity contribution in [1.82, 2.24) is 0 Å². The summed E-state index contributed by atoms with van der Waals surface area (Å²) in [4.78, 5) is 13.0. The van der Waals surface area contributed by atoms with Gasteiger partial charge in [0, 0.05) is 12.8 Å². The molecule has 0 unspecified atom stereocenters. The van der Waals surface area contributed by atoms with E-state index in [1.54, 1.807) is 7.11 Å². The summed E-state index contributed by atoms with van der Waals surface area (Å²) in [6, 6.07) is 17.9. The topological polar surface area (TPSA) is 54.0 Å². The number of hydrogen-bond donors (Lipinski definition) is 0. The van der Waals surface area contributed by atoms with Gasteiger partial charge in [-0.1, -0.05) is 49.4 Å². The van der Waals surface area contributed by atoms with E-state index in [-0.39, 0.29) is 18.0 Å². The maximum Gasteiger partial charge on any atom is 0.162 e. The number of ether oxygens (including phenoxy) is 4. The average molecular weight is 398 g/mol. The van der Waals surface area contributed by atoms with Gasteiger partial charge in [-0.25, -0.2) is 0 Å². The predicted octanol–water partition coefficient (Wildman–Crippen LogP) is 4.18. The van der Waals surface area contributed by atoms with E-state index in [2.05, 4.69) is 19.1 Å². The third-order valence-electron chi connectivity index (χ3n) is 5.14. The Morgan fingerprint density at radius 2 is 1.72 bits per heavy atom. The third-order valence-corrected chi connectivity index (χ3v) is 5.14. The Kier molecular flexibility index (Phi) is 8.23. The molecule has 29 heavy (non-hydrogen) atoms. The minimum Gasteiger partial charge on any atom is -0.497 e. The van der Waals surface area contributed by atoms with Crippen molar-refractivity contribution in [1.29, 1.82) is 0 Å². The van der Waals surface area contributed by atoms with E-state index in [1.807, 2.05) is 42.5 Å². The van der Waals surface area contributed by atoms with Crippen molar-refractivity contribution in [3.8, 4) is 5.75 Å². The number of carbonyl (C=O) groups excluding carboxylic acids is 1. The normalized spacial score (nSPS) is 16.5. The molecule has 0 amide bonds. The maximum absolute atomic E-state index is 13.0.